The fourth-order valence-corrected chi connectivity index (χ4v) is 2.61. The molecule has 0 spiro atoms. The number of carbonyl (C=O) groups excluding carboxylic acids is 1. The van der Waals surface area contributed by atoms with Crippen molar-refractivity contribution in [1.29, 1.82) is 0 Å². The van der Waals surface area contributed by atoms with E-state index in [4.69, 9.17) is 4.74 Å². The van der Waals surface area contributed by atoms with Crippen molar-refractivity contribution in [3.05, 3.63) is 35.9 Å². The van der Waals surface area contributed by atoms with Gasteiger partial charge in [0.05, 0.1) is 31.7 Å². The van der Waals surface area contributed by atoms with Gasteiger partial charge >= 0.3 is 12.1 Å². The highest BCUT2D eigenvalue weighted by molar-refractivity contribution is 5.84. The molecule has 0 radical (unpaired) electrons. The summed E-state index contributed by atoms with van der Waals surface area (Å²) in [5.41, 5.74) is -0.613. The van der Waals surface area contributed by atoms with Crippen molar-refractivity contribution in [2.45, 2.75) is 25.7 Å². The van der Waals surface area contributed by atoms with Gasteiger partial charge in [0, 0.05) is 5.69 Å². The molecule has 122 valence electrons. The van der Waals surface area contributed by atoms with E-state index in [0.717, 1.165) is 12.1 Å². The molecule has 3 rings (SSSR count). The Morgan fingerprint density at radius 3 is 2.78 bits per heavy atom. The van der Waals surface area contributed by atoms with Gasteiger partial charge < -0.3 is 9.30 Å². The maximum absolute atomic E-state index is 13.0. The third-order valence-electron chi connectivity index (χ3n) is 3.61. The van der Waals surface area contributed by atoms with E-state index in [1.54, 1.807) is 4.57 Å². The van der Waals surface area contributed by atoms with Crippen LogP contribution in [-0.4, -0.2) is 33.7 Å². The van der Waals surface area contributed by atoms with Crippen LogP contribution < -0.4 is 4.90 Å². The second-order valence-electron chi connectivity index (χ2n) is 5.17. The molecule has 1 aliphatic heterocycles. The Morgan fingerprint density at radius 2 is 2.13 bits per heavy atom. The largest absolute Gasteiger partial charge is 0.467 e. The van der Waals surface area contributed by atoms with Crippen LogP contribution in [0.1, 0.15) is 11.3 Å². The summed E-state index contributed by atoms with van der Waals surface area (Å²) in [4.78, 5) is 21.5. The summed E-state index contributed by atoms with van der Waals surface area (Å²) in [6.07, 6.45) is -1.52. The van der Waals surface area contributed by atoms with Crippen molar-refractivity contribution in [3.8, 4) is 0 Å². The SMILES string of the molecule is COC(=O)C1Cn2cncc2N1c1cc(C(F)(F)F)cc(C)n1. The lowest BCUT2D eigenvalue weighted by Gasteiger charge is -2.24. The number of hydrogen-bond acceptors (Lipinski definition) is 5. The first kappa shape index (κ1) is 15.3. The zero-order valence-electron chi connectivity index (χ0n) is 12.3. The van der Waals surface area contributed by atoms with Gasteiger partial charge in [-0.15, -0.1) is 0 Å². The summed E-state index contributed by atoms with van der Waals surface area (Å²) in [5, 5.41) is 0. The summed E-state index contributed by atoms with van der Waals surface area (Å²) >= 11 is 0. The Kier molecular flexibility index (Phi) is 3.50. The van der Waals surface area contributed by atoms with Crippen molar-refractivity contribution in [2.24, 2.45) is 0 Å². The predicted molar refractivity (Wildman–Crippen MR) is 74.1 cm³/mol. The fraction of sp³-hybridized carbons (Fsp3) is 0.357. The molecular weight excluding hydrogens is 313 g/mol. The van der Waals surface area contributed by atoms with E-state index < -0.39 is 23.8 Å². The average molecular weight is 326 g/mol. The number of rotatable bonds is 2. The van der Waals surface area contributed by atoms with Gasteiger partial charge in [-0.05, 0) is 19.1 Å². The van der Waals surface area contributed by atoms with E-state index in [0.29, 0.717) is 5.82 Å². The van der Waals surface area contributed by atoms with Crippen LogP contribution in [0.5, 0.6) is 0 Å². The Bertz CT molecular complexity index is 757. The normalized spacial score (nSPS) is 17.3. The van der Waals surface area contributed by atoms with Crippen molar-refractivity contribution in [2.75, 3.05) is 12.0 Å². The third-order valence-corrected chi connectivity index (χ3v) is 3.61. The Hall–Kier alpha value is -2.58. The number of esters is 1. The molecule has 9 heteroatoms. The van der Waals surface area contributed by atoms with Gasteiger partial charge in [0.2, 0.25) is 0 Å². The summed E-state index contributed by atoms with van der Waals surface area (Å²) in [7, 11) is 1.23. The molecule has 0 bridgehead atoms. The number of pyridine rings is 1. The molecule has 0 N–H and O–H groups in total. The molecule has 0 amide bonds. The molecule has 1 atom stereocenters. The minimum atomic E-state index is -4.50. The highest BCUT2D eigenvalue weighted by Gasteiger charge is 2.39. The van der Waals surface area contributed by atoms with E-state index in [1.807, 2.05) is 0 Å². The maximum atomic E-state index is 13.0. The Labute approximate surface area is 129 Å². The number of fused-ring (bicyclic) bond motifs is 1. The van der Waals surface area contributed by atoms with Crippen LogP contribution in [0.2, 0.25) is 0 Å². The van der Waals surface area contributed by atoms with E-state index >= 15 is 0 Å². The smallest absolute Gasteiger partial charge is 0.416 e. The second-order valence-corrected chi connectivity index (χ2v) is 5.17. The molecule has 1 unspecified atom stereocenters. The molecular formula is C14H13F3N4O2. The molecule has 0 aromatic carbocycles. The van der Waals surface area contributed by atoms with Gasteiger partial charge in [-0.25, -0.2) is 14.8 Å². The van der Waals surface area contributed by atoms with Crippen molar-refractivity contribution in [1.82, 2.24) is 14.5 Å². The van der Waals surface area contributed by atoms with Crippen LogP contribution >= 0.6 is 0 Å². The number of aryl methyl sites for hydroxylation is 1. The highest BCUT2D eigenvalue weighted by atomic mass is 19.4. The molecule has 23 heavy (non-hydrogen) atoms. The van der Waals surface area contributed by atoms with Gasteiger partial charge in [-0.1, -0.05) is 0 Å². The number of halogens is 3. The van der Waals surface area contributed by atoms with Crippen LogP contribution in [-0.2, 0) is 22.3 Å². The molecule has 3 heterocycles. The quantitative estimate of drug-likeness (QED) is 0.793. The van der Waals surface area contributed by atoms with E-state index in [9.17, 15) is 18.0 Å². The van der Waals surface area contributed by atoms with Gasteiger partial charge in [0.25, 0.3) is 0 Å². The van der Waals surface area contributed by atoms with Gasteiger partial charge in [-0.3, -0.25) is 4.90 Å². The number of hydrogen-bond donors (Lipinski definition) is 0. The average Bonchev–Trinajstić information content (AvgIpc) is 3.04. The van der Waals surface area contributed by atoms with E-state index in [2.05, 4.69) is 9.97 Å². The van der Waals surface area contributed by atoms with Gasteiger partial charge in [0.15, 0.2) is 6.04 Å². The van der Waals surface area contributed by atoms with Gasteiger partial charge in [-0.2, -0.15) is 13.2 Å². The third kappa shape index (κ3) is 2.62. The number of imidazole rings is 1. The zero-order chi connectivity index (χ0) is 16.8. The van der Waals surface area contributed by atoms with Crippen LogP contribution in [0.3, 0.4) is 0 Å². The van der Waals surface area contributed by atoms with Crippen molar-refractivity contribution < 1.29 is 22.7 Å². The van der Waals surface area contributed by atoms with Crippen molar-refractivity contribution in [3.63, 3.8) is 0 Å². The number of anilines is 2. The lowest BCUT2D eigenvalue weighted by molar-refractivity contribution is -0.142. The first-order valence-electron chi connectivity index (χ1n) is 6.74. The van der Waals surface area contributed by atoms with Gasteiger partial charge in [0.1, 0.15) is 11.6 Å². The summed E-state index contributed by atoms with van der Waals surface area (Å²) in [6.45, 7) is 1.71. The molecule has 2 aromatic heterocycles. The molecule has 6 nitrogen and oxygen atoms in total. The summed E-state index contributed by atoms with van der Waals surface area (Å²) in [5.74, 6) is -0.0239. The van der Waals surface area contributed by atoms with E-state index in [1.165, 1.54) is 31.5 Å². The summed E-state index contributed by atoms with van der Waals surface area (Å²) in [6, 6.07) is 1.10. The van der Waals surface area contributed by atoms with Crippen LogP contribution in [0, 0.1) is 6.92 Å². The first-order valence-corrected chi connectivity index (χ1v) is 6.74. The minimum Gasteiger partial charge on any atom is -0.467 e. The molecule has 1 aliphatic rings. The number of ether oxygens (including phenoxy) is 1. The number of alkyl halides is 3. The first-order chi connectivity index (χ1) is 10.8. The monoisotopic (exact) mass is 326 g/mol. The zero-order valence-corrected chi connectivity index (χ0v) is 12.3. The topological polar surface area (TPSA) is 60.3 Å². The summed E-state index contributed by atoms with van der Waals surface area (Å²) < 4.78 is 45.5. The second kappa shape index (κ2) is 5.25. The molecule has 0 aliphatic carbocycles. The lowest BCUT2D eigenvalue weighted by atomic mass is 10.2. The number of aromatic nitrogens is 3. The Morgan fingerprint density at radius 1 is 1.39 bits per heavy atom. The molecule has 0 saturated carbocycles. The number of carbonyl (C=O) groups is 1. The molecule has 0 fully saturated rings. The van der Waals surface area contributed by atoms with E-state index in [-0.39, 0.29) is 18.1 Å². The highest BCUT2D eigenvalue weighted by Crippen LogP contribution is 2.37. The van der Waals surface area contributed by atoms with Crippen LogP contribution in [0.4, 0.5) is 24.8 Å². The molecule has 2 aromatic rings. The maximum Gasteiger partial charge on any atom is 0.416 e. The van der Waals surface area contributed by atoms with Crippen LogP contribution in [0.25, 0.3) is 0 Å². The Balaban J connectivity index is 2.11. The van der Waals surface area contributed by atoms with Crippen molar-refractivity contribution >= 4 is 17.6 Å². The number of nitrogens with zero attached hydrogens (tertiary/aromatic N) is 4. The lowest BCUT2D eigenvalue weighted by Crippen LogP contribution is -2.37. The molecule has 0 saturated heterocycles. The predicted octanol–water partition coefficient (Wildman–Crippen LogP) is 2.30. The standard InChI is InChI=1S/C14H13F3N4O2/c1-8-3-9(14(15,16)17)4-11(19-8)21-10(13(22)23-2)6-20-7-18-5-12(20)21/h3-5,7,10H,6H2,1-2H3. The number of methoxy groups -OCH3 is 1. The van der Waals surface area contributed by atoms with Crippen LogP contribution in [0.15, 0.2) is 24.7 Å². The fourth-order valence-electron chi connectivity index (χ4n) is 2.61. The minimum absolute atomic E-state index is 0.0342.